The van der Waals surface area contributed by atoms with Crippen molar-refractivity contribution in [3.8, 4) is 0 Å². The number of hydrazone groups is 1. The number of hydrogen-bond acceptors (Lipinski definition) is 9. The van der Waals surface area contributed by atoms with Gasteiger partial charge in [-0.05, 0) is 13.8 Å². The lowest BCUT2D eigenvalue weighted by molar-refractivity contribution is -0.141. The maximum absolute atomic E-state index is 13.1. The van der Waals surface area contributed by atoms with Gasteiger partial charge in [-0.25, -0.2) is 14.4 Å². The van der Waals surface area contributed by atoms with Crippen LogP contribution in [0.15, 0.2) is 14.7 Å². The summed E-state index contributed by atoms with van der Waals surface area (Å²) < 4.78 is 12.8. The number of fused-ring (bicyclic) bond motifs is 3. The van der Waals surface area contributed by atoms with Gasteiger partial charge in [-0.1, -0.05) is 0 Å². The molecule has 0 saturated heterocycles. The molecule has 3 heterocycles. The van der Waals surface area contributed by atoms with Gasteiger partial charge in [0.15, 0.2) is 11.2 Å². The molecule has 1 aliphatic rings. The van der Waals surface area contributed by atoms with E-state index in [9.17, 15) is 19.2 Å². The van der Waals surface area contributed by atoms with Gasteiger partial charge in [0.25, 0.3) is 5.56 Å². The van der Waals surface area contributed by atoms with E-state index in [1.165, 1.54) is 30.8 Å². The van der Waals surface area contributed by atoms with Crippen molar-refractivity contribution in [2.45, 2.75) is 26.4 Å². The predicted molar refractivity (Wildman–Crippen MR) is 98.4 cm³/mol. The number of aryl methyl sites for hydroxylation is 1. The normalized spacial score (nSPS) is 16.0. The molecule has 0 unspecified atom stereocenters. The summed E-state index contributed by atoms with van der Waals surface area (Å²) in [6.07, 6.45) is 0. The highest BCUT2D eigenvalue weighted by Crippen LogP contribution is 2.29. The molecule has 12 nitrogen and oxygen atoms in total. The number of esters is 2. The van der Waals surface area contributed by atoms with Crippen LogP contribution in [0.25, 0.3) is 11.2 Å². The Hall–Kier alpha value is -3.44. The van der Waals surface area contributed by atoms with Gasteiger partial charge in [-0.2, -0.15) is 10.1 Å². The fourth-order valence-electron chi connectivity index (χ4n) is 3.01. The molecule has 2 aromatic heterocycles. The van der Waals surface area contributed by atoms with Crippen molar-refractivity contribution in [2.75, 3.05) is 25.8 Å². The van der Waals surface area contributed by atoms with Gasteiger partial charge in [0.05, 0.1) is 26.0 Å². The van der Waals surface area contributed by atoms with Crippen molar-refractivity contribution in [2.24, 2.45) is 12.1 Å². The largest absolute Gasteiger partial charge is 0.468 e. The minimum Gasteiger partial charge on any atom is -0.468 e. The number of anilines is 1. The van der Waals surface area contributed by atoms with Crippen LogP contribution in [0.1, 0.15) is 19.9 Å². The smallest absolute Gasteiger partial charge is 0.333 e. The molecular formula is C16H20N6O6. The highest BCUT2D eigenvalue weighted by atomic mass is 16.5. The van der Waals surface area contributed by atoms with Crippen LogP contribution in [-0.4, -0.2) is 57.1 Å². The molecule has 0 amide bonds. The second kappa shape index (κ2) is 6.94. The predicted octanol–water partition coefficient (Wildman–Crippen LogP) is -1.00. The molecule has 12 heteroatoms. The fraction of sp³-hybridized carbons (Fsp3) is 0.500. The summed E-state index contributed by atoms with van der Waals surface area (Å²) in [5.41, 5.74) is -0.510. The van der Waals surface area contributed by atoms with E-state index in [1.807, 2.05) is 6.92 Å². The molecule has 0 saturated carbocycles. The van der Waals surface area contributed by atoms with Crippen LogP contribution < -0.4 is 16.3 Å². The molecule has 3 rings (SSSR count). The fourth-order valence-corrected chi connectivity index (χ4v) is 3.01. The third-order valence-corrected chi connectivity index (χ3v) is 4.68. The van der Waals surface area contributed by atoms with E-state index in [-0.39, 0.29) is 29.7 Å². The summed E-state index contributed by atoms with van der Waals surface area (Å²) >= 11 is 0. The van der Waals surface area contributed by atoms with Gasteiger partial charge < -0.3 is 9.47 Å². The first-order chi connectivity index (χ1) is 13.2. The second-order valence-electron chi connectivity index (χ2n) is 6.31. The molecule has 150 valence electrons. The van der Waals surface area contributed by atoms with Gasteiger partial charge in [-0.15, -0.1) is 0 Å². The molecule has 0 N–H and O–H groups in total. The van der Waals surface area contributed by atoms with Crippen LogP contribution >= 0.6 is 0 Å². The highest BCUT2D eigenvalue weighted by molar-refractivity contribution is 5.92. The van der Waals surface area contributed by atoms with Gasteiger partial charge in [0.2, 0.25) is 5.95 Å². The van der Waals surface area contributed by atoms with Crippen molar-refractivity contribution in [3.05, 3.63) is 20.8 Å². The molecule has 1 aliphatic heterocycles. The van der Waals surface area contributed by atoms with Gasteiger partial charge in [-0.3, -0.25) is 23.5 Å². The number of aromatic nitrogens is 4. The summed E-state index contributed by atoms with van der Waals surface area (Å²) in [5, 5.41) is 5.66. The molecule has 0 spiro atoms. The standard InChI is InChI=1S/C16H20N6O6/c1-8-9(2)22-12-13(17-15(22)21(18-8)7-11(24)28-5)19(3)16(26)20(14(12)25)6-10(23)27-4/h9H,6-7H2,1-5H3/t9-/m1/s1. The minimum atomic E-state index is -0.727. The Morgan fingerprint density at radius 3 is 2.32 bits per heavy atom. The lowest BCUT2D eigenvalue weighted by Crippen LogP contribution is -2.42. The number of hydrogen-bond donors (Lipinski definition) is 0. The molecule has 0 radical (unpaired) electrons. The number of ether oxygens (including phenoxy) is 2. The lowest BCUT2D eigenvalue weighted by atomic mass is 10.2. The zero-order valence-electron chi connectivity index (χ0n) is 16.1. The Balaban J connectivity index is 2.32. The molecule has 0 aliphatic carbocycles. The first-order valence-corrected chi connectivity index (χ1v) is 8.39. The van der Waals surface area contributed by atoms with Crippen molar-refractivity contribution in [3.63, 3.8) is 0 Å². The Labute approximate surface area is 158 Å². The van der Waals surface area contributed by atoms with Crippen LogP contribution in [0, 0.1) is 0 Å². The molecule has 2 aromatic rings. The Morgan fingerprint density at radius 2 is 1.71 bits per heavy atom. The molecular weight excluding hydrogens is 372 g/mol. The topological polar surface area (TPSA) is 130 Å². The van der Waals surface area contributed by atoms with E-state index >= 15 is 0 Å². The van der Waals surface area contributed by atoms with Crippen molar-refractivity contribution < 1.29 is 19.1 Å². The Kier molecular flexibility index (Phi) is 4.79. The van der Waals surface area contributed by atoms with Gasteiger partial charge >= 0.3 is 17.6 Å². The number of methoxy groups -OCH3 is 2. The van der Waals surface area contributed by atoms with Crippen LogP contribution in [0.3, 0.4) is 0 Å². The maximum atomic E-state index is 13.1. The summed E-state index contributed by atoms with van der Waals surface area (Å²) in [6, 6.07) is -0.356. The molecule has 0 fully saturated rings. The van der Waals surface area contributed by atoms with E-state index < -0.39 is 29.7 Å². The Bertz CT molecular complexity index is 1120. The van der Waals surface area contributed by atoms with E-state index in [0.717, 1.165) is 4.57 Å². The van der Waals surface area contributed by atoms with E-state index in [4.69, 9.17) is 0 Å². The quantitative estimate of drug-likeness (QED) is 0.606. The van der Waals surface area contributed by atoms with Crippen LogP contribution in [0.4, 0.5) is 5.95 Å². The maximum Gasteiger partial charge on any atom is 0.333 e. The molecule has 28 heavy (non-hydrogen) atoms. The monoisotopic (exact) mass is 392 g/mol. The summed E-state index contributed by atoms with van der Waals surface area (Å²) in [7, 11) is 3.87. The van der Waals surface area contributed by atoms with E-state index in [1.54, 1.807) is 11.5 Å². The van der Waals surface area contributed by atoms with Gasteiger partial charge in [0.1, 0.15) is 13.1 Å². The van der Waals surface area contributed by atoms with Crippen LogP contribution in [0.2, 0.25) is 0 Å². The third kappa shape index (κ3) is 2.86. The number of carbonyl (C=O) groups is 2. The average Bonchev–Trinajstić information content (AvgIpc) is 3.08. The average molecular weight is 392 g/mol. The molecule has 1 atom stereocenters. The van der Waals surface area contributed by atoms with E-state index in [2.05, 4.69) is 19.6 Å². The number of imidazole rings is 1. The summed E-state index contributed by atoms with van der Waals surface area (Å²) in [4.78, 5) is 53.4. The highest BCUT2D eigenvalue weighted by Gasteiger charge is 2.31. The second-order valence-corrected chi connectivity index (χ2v) is 6.31. The van der Waals surface area contributed by atoms with E-state index in [0.29, 0.717) is 5.71 Å². The first-order valence-electron chi connectivity index (χ1n) is 8.39. The zero-order chi connectivity index (χ0) is 20.7. The molecule has 0 bridgehead atoms. The van der Waals surface area contributed by atoms with Crippen LogP contribution in [-0.2, 0) is 32.7 Å². The SMILES string of the molecule is COC(=O)CN1N=C(C)[C@@H](C)n2c1nc1c2c(=O)n(CC(=O)OC)c(=O)n1C. The number of rotatable bonds is 4. The van der Waals surface area contributed by atoms with Crippen molar-refractivity contribution in [1.82, 2.24) is 18.7 Å². The Morgan fingerprint density at radius 1 is 1.11 bits per heavy atom. The van der Waals surface area contributed by atoms with Crippen molar-refractivity contribution >= 4 is 34.8 Å². The van der Waals surface area contributed by atoms with Crippen LogP contribution in [0.5, 0.6) is 0 Å². The van der Waals surface area contributed by atoms with Crippen molar-refractivity contribution in [1.29, 1.82) is 0 Å². The minimum absolute atomic E-state index is 0.123. The van der Waals surface area contributed by atoms with Gasteiger partial charge in [0, 0.05) is 7.05 Å². The zero-order valence-corrected chi connectivity index (χ0v) is 16.1. The number of nitrogens with zero attached hydrogens (tertiary/aromatic N) is 6. The summed E-state index contributed by atoms with van der Waals surface area (Å²) in [6.45, 7) is 2.83. The summed E-state index contributed by atoms with van der Waals surface area (Å²) in [5.74, 6) is -1.04. The number of carbonyl (C=O) groups excluding carboxylic acids is 2. The first kappa shape index (κ1) is 19.3. The lowest BCUT2D eigenvalue weighted by Gasteiger charge is -2.28. The third-order valence-electron chi connectivity index (χ3n) is 4.68. The molecule has 0 aromatic carbocycles.